The minimum absolute atomic E-state index is 0.00670. The van der Waals surface area contributed by atoms with Gasteiger partial charge in [0.2, 0.25) is 0 Å². The van der Waals surface area contributed by atoms with Gasteiger partial charge in [-0.1, -0.05) is 46.8 Å². The molecular weight excluding hydrogens is 408 g/mol. The number of hydrogen-bond donors (Lipinski definition) is 2. The second-order valence-electron chi connectivity index (χ2n) is 14.5. The Hall–Kier alpha value is -0.670. The summed E-state index contributed by atoms with van der Waals surface area (Å²) in [5.74, 6) is 2.69. The highest BCUT2D eigenvalue weighted by molar-refractivity contribution is 5.89. The molecule has 5 saturated carbocycles. The van der Waals surface area contributed by atoms with Crippen LogP contribution in [0.25, 0.3) is 0 Å². The standard InChI is InChI=1S/C30H48O3/c1-18(2)19-10-13-30(17-31)15-14-28(6)20(24(19)30)8-9-23-27(5)16-21(32)25(33)26(3,4)22(27)11-12-29(23,28)7/h19-24,31-32H,1,8-17H2,2-7H3/t19?,20-,21-,22+,23-,24?,27+,28-,29-,30-/m1/s1. The molecule has 0 bridgehead atoms. The van der Waals surface area contributed by atoms with Gasteiger partial charge in [0.05, 0.1) is 0 Å². The van der Waals surface area contributed by atoms with Gasteiger partial charge in [-0.3, -0.25) is 4.79 Å². The fourth-order valence-corrected chi connectivity index (χ4v) is 11.5. The first-order chi connectivity index (χ1) is 15.3. The molecule has 0 aromatic heterocycles. The number of Topliss-reactive ketones (excluding diaryl/α,β-unsaturated/α-hetero) is 1. The molecule has 0 aromatic rings. The van der Waals surface area contributed by atoms with E-state index < -0.39 is 11.5 Å². The summed E-state index contributed by atoms with van der Waals surface area (Å²) in [7, 11) is 0. The van der Waals surface area contributed by atoms with E-state index >= 15 is 0 Å². The first-order valence-corrected chi connectivity index (χ1v) is 13.8. The number of allylic oxidation sites excluding steroid dienone is 1. The Labute approximate surface area is 201 Å². The molecule has 0 aromatic carbocycles. The molecule has 5 fully saturated rings. The third-order valence-electron chi connectivity index (χ3n) is 13.3. The highest BCUT2D eigenvalue weighted by Crippen LogP contribution is 2.77. The van der Waals surface area contributed by atoms with Crippen molar-refractivity contribution in [3.63, 3.8) is 0 Å². The Bertz CT molecular complexity index is 861. The van der Waals surface area contributed by atoms with E-state index in [1.54, 1.807) is 0 Å². The lowest BCUT2D eigenvalue weighted by molar-refractivity contribution is -0.242. The van der Waals surface area contributed by atoms with E-state index in [4.69, 9.17) is 0 Å². The molecule has 5 aliphatic carbocycles. The summed E-state index contributed by atoms with van der Waals surface area (Å²) >= 11 is 0. The van der Waals surface area contributed by atoms with Crippen LogP contribution in [0.5, 0.6) is 0 Å². The van der Waals surface area contributed by atoms with Crippen LogP contribution >= 0.6 is 0 Å². The third kappa shape index (κ3) is 2.79. The summed E-state index contributed by atoms with van der Waals surface area (Å²) in [4.78, 5) is 13.0. The summed E-state index contributed by atoms with van der Waals surface area (Å²) in [6.07, 6.45) is 9.21. The first kappa shape index (κ1) is 24.0. The molecule has 0 saturated heterocycles. The van der Waals surface area contributed by atoms with Crippen molar-refractivity contribution in [3.8, 4) is 0 Å². The number of ketones is 1. The Balaban J connectivity index is 1.57. The molecule has 5 rings (SSSR count). The van der Waals surface area contributed by atoms with Gasteiger partial charge in [0, 0.05) is 12.0 Å². The largest absolute Gasteiger partial charge is 0.396 e. The normalized spacial score (nSPS) is 55.2. The van der Waals surface area contributed by atoms with Crippen molar-refractivity contribution < 1.29 is 15.0 Å². The van der Waals surface area contributed by atoms with Crippen LogP contribution in [0.1, 0.15) is 99.3 Å². The Morgan fingerprint density at radius 2 is 1.64 bits per heavy atom. The first-order valence-electron chi connectivity index (χ1n) is 13.8. The van der Waals surface area contributed by atoms with Crippen LogP contribution in [0.3, 0.4) is 0 Å². The molecule has 3 nitrogen and oxygen atoms in total. The molecule has 0 spiro atoms. The highest BCUT2D eigenvalue weighted by atomic mass is 16.3. The molecule has 0 aliphatic heterocycles. The topological polar surface area (TPSA) is 57.5 Å². The summed E-state index contributed by atoms with van der Waals surface area (Å²) < 4.78 is 0. The minimum atomic E-state index is -0.815. The zero-order valence-electron chi connectivity index (χ0n) is 22.0. The van der Waals surface area contributed by atoms with E-state index in [1.165, 1.54) is 37.7 Å². The van der Waals surface area contributed by atoms with Gasteiger partial charge in [0.1, 0.15) is 6.10 Å². The lowest BCUT2D eigenvalue weighted by atomic mass is 9.32. The van der Waals surface area contributed by atoms with Gasteiger partial charge >= 0.3 is 0 Å². The number of hydrogen-bond acceptors (Lipinski definition) is 3. The van der Waals surface area contributed by atoms with E-state index in [1.807, 2.05) is 0 Å². The number of aliphatic hydroxyl groups excluding tert-OH is 2. The number of fused-ring (bicyclic) bond motifs is 7. The van der Waals surface area contributed by atoms with Crippen molar-refractivity contribution in [2.45, 2.75) is 105 Å². The van der Waals surface area contributed by atoms with Crippen LogP contribution in [-0.4, -0.2) is 28.7 Å². The van der Waals surface area contributed by atoms with Crippen molar-refractivity contribution in [1.29, 1.82) is 0 Å². The molecule has 3 heteroatoms. The maximum Gasteiger partial charge on any atom is 0.167 e. The Morgan fingerprint density at radius 1 is 0.939 bits per heavy atom. The van der Waals surface area contributed by atoms with E-state index in [0.717, 1.165) is 19.3 Å². The molecule has 10 atom stereocenters. The third-order valence-corrected chi connectivity index (χ3v) is 13.3. The van der Waals surface area contributed by atoms with Crippen molar-refractivity contribution in [2.24, 2.45) is 56.7 Å². The maximum atomic E-state index is 13.0. The van der Waals surface area contributed by atoms with Gasteiger partial charge < -0.3 is 10.2 Å². The lowest BCUT2D eigenvalue weighted by Crippen LogP contribution is -2.67. The average Bonchev–Trinajstić information content (AvgIpc) is 3.13. The van der Waals surface area contributed by atoms with Gasteiger partial charge in [0.25, 0.3) is 0 Å². The van der Waals surface area contributed by atoms with Crippen molar-refractivity contribution >= 4 is 5.78 Å². The van der Waals surface area contributed by atoms with Gasteiger partial charge in [-0.25, -0.2) is 0 Å². The van der Waals surface area contributed by atoms with Crippen molar-refractivity contribution in [1.82, 2.24) is 0 Å². The predicted molar refractivity (Wildman–Crippen MR) is 132 cm³/mol. The average molecular weight is 457 g/mol. The quantitative estimate of drug-likeness (QED) is 0.488. The van der Waals surface area contributed by atoms with Crippen LogP contribution < -0.4 is 0 Å². The molecule has 186 valence electrons. The van der Waals surface area contributed by atoms with Crippen LogP contribution in [0, 0.1) is 56.7 Å². The van der Waals surface area contributed by atoms with Crippen molar-refractivity contribution in [2.75, 3.05) is 6.61 Å². The molecule has 0 amide bonds. The molecule has 33 heavy (non-hydrogen) atoms. The number of aliphatic hydroxyl groups is 2. The Kier molecular flexibility index (Phi) is 5.24. The summed E-state index contributed by atoms with van der Waals surface area (Å²) in [6.45, 7) is 18.8. The zero-order valence-corrected chi connectivity index (χ0v) is 22.0. The zero-order chi connectivity index (χ0) is 24.2. The van der Waals surface area contributed by atoms with E-state index in [9.17, 15) is 15.0 Å². The van der Waals surface area contributed by atoms with Crippen LogP contribution in [0.2, 0.25) is 0 Å². The van der Waals surface area contributed by atoms with Gasteiger partial charge in [-0.05, 0) is 116 Å². The molecule has 5 aliphatic rings. The minimum Gasteiger partial charge on any atom is -0.396 e. The fourth-order valence-electron chi connectivity index (χ4n) is 11.5. The smallest absolute Gasteiger partial charge is 0.167 e. The predicted octanol–water partition coefficient (Wildman–Crippen LogP) is 6.18. The molecule has 2 unspecified atom stereocenters. The summed E-state index contributed by atoms with van der Waals surface area (Å²) in [6, 6.07) is 0. The maximum absolute atomic E-state index is 13.0. The number of rotatable bonds is 2. The van der Waals surface area contributed by atoms with E-state index in [0.29, 0.717) is 42.6 Å². The Morgan fingerprint density at radius 3 is 2.27 bits per heavy atom. The van der Waals surface area contributed by atoms with Gasteiger partial charge in [-0.15, -0.1) is 0 Å². The molecular formula is C30H48O3. The lowest BCUT2D eigenvalue weighted by Gasteiger charge is -2.72. The van der Waals surface area contributed by atoms with Crippen LogP contribution in [0.15, 0.2) is 12.2 Å². The van der Waals surface area contributed by atoms with E-state index in [-0.39, 0.29) is 27.4 Å². The number of carbonyl (C=O) groups is 1. The second kappa shape index (κ2) is 7.19. The summed E-state index contributed by atoms with van der Waals surface area (Å²) in [5, 5.41) is 21.5. The van der Waals surface area contributed by atoms with Crippen molar-refractivity contribution in [3.05, 3.63) is 12.2 Å². The molecule has 0 radical (unpaired) electrons. The molecule has 0 heterocycles. The molecule has 2 N–H and O–H groups in total. The fraction of sp³-hybridized carbons (Fsp3) is 0.900. The van der Waals surface area contributed by atoms with Gasteiger partial charge in [0.15, 0.2) is 5.78 Å². The summed E-state index contributed by atoms with van der Waals surface area (Å²) in [5.41, 5.74) is 1.42. The van der Waals surface area contributed by atoms with E-state index in [2.05, 4.69) is 48.1 Å². The van der Waals surface area contributed by atoms with Crippen LogP contribution in [0.4, 0.5) is 0 Å². The highest BCUT2D eigenvalue weighted by Gasteiger charge is 2.71. The van der Waals surface area contributed by atoms with Crippen LogP contribution in [-0.2, 0) is 4.79 Å². The SMILES string of the molecule is C=C(C)C1CC[C@]2(CO)CC[C@]3(C)[C@H](CC[C@@H]4[C@@]5(C)C[C@@H](O)C(=O)C(C)(C)[C@@H]5CC[C@]43C)C12. The van der Waals surface area contributed by atoms with Gasteiger partial charge in [-0.2, -0.15) is 0 Å². The second-order valence-corrected chi connectivity index (χ2v) is 14.5. The monoisotopic (exact) mass is 456 g/mol. The number of carbonyl (C=O) groups excluding carboxylic acids is 1.